The molecule has 4 atom stereocenters. The molecule has 0 spiro atoms. The van der Waals surface area contributed by atoms with E-state index in [2.05, 4.69) is 43.0 Å². The summed E-state index contributed by atoms with van der Waals surface area (Å²) in [5.74, 6) is 3.50. The summed E-state index contributed by atoms with van der Waals surface area (Å²) in [5.41, 5.74) is -0.321. The van der Waals surface area contributed by atoms with Gasteiger partial charge in [0.1, 0.15) is 18.0 Å². The van der Waals surface area contributed by atoms with Gasteiger partial charge in [-0.1, -0.05) is 24.6 Å². The van der Waals surface area contributed by atoms with E-state index < -0.39 is 11.4 Å². The maximum atomic E-state index is 15.1. The lowest BCUT2D eigenvalue weighted by atomic mass is 9.91. The molecule has 1 N–H and O–H groups in total. The summed E-state index contributed by atoms with van der Waals surface area (Å²) in [6, 6.07) is 3.74. The lowest BCUT2D eigenvalue weighted by Crippen LogP contribution is -2.37. The van der Waals surface area contributed by atoms with Gasteiger partial charge in [0.25, 0.3) is 0 Å². The first-order valence-corrected chi connectivity index (χ1v) is 13.4. The molecule has 9 heteroatoms. The monoisotopic (exact) mass is 564 g/mol. The first-order valence-electron chi connectivity index (χ1n) is 12.2. The number of fused-ring (bicyclic) bond motifs is 2. The summed E-state index contributed by atoms with van der Waals surface area (Å²) in [4.78, 5) is 11.4. The second-order valence-electron chi connectivity index (χ2n) is 10.1. The Hall–Kier alpha value is -1.90. The van der Waals surface area contributed by atoms with E-state index in [9.17, 15) is 0 Å². The van der Waals surface area contributed by atoms with Crippen LogP contribution in [0, 0.1) is 17.8 Å². The van der Waals surface area contributed by atoms with Gasteiger partial charge in [0.05, 0.1) is 29.8 Å². The lowest BCUT2D eigenvalue weighted by Gasteiger charge is -2.32. The third-order valence-corrected chi connectivity index (χ3v) is 9.06. The number of nitrogens with zero attached hydrogens (tertiary/aromatic N) is 3. The van der Waals surface area contributed by atoms with Crippen LogP contribution in [0.25, 0.3) is 10.9 Å². The van der Waals surface area contributed by atoms with E-state index in [1.54, 1.807) is 14.0 Å². The van der Waals surface area contributed by atoms with Crippen LogP contribution in [0.2, 0.25) is 0 Å². The minimum absolute atomic E-state index is 0.0660. The number of methoxy groups -OCH3 is 1. The van der Waals surface area contributed by atoms with Crippen LogP contribution in [0.5, 0.6) is 11.5 Å². The van der Waals surface area contributed by atoms with Crippen molar-refractivity contribution in [1.29, 1.82) is 0 Å². The number of ether oxygens (including phenoxy) is 2. The molecule has 3 aliphatic rings. The molecule has 1 aromatic heterocycles. The average molecular weight is 566 g/mol. The van der Waals surface area contributed by atoms with E-state index in [1.807, 2.05) is 18.2 Å². The molecule has 188 valence electrons. The Morgan fingerprint density at radius 1 is 1.23 bits per heavy atom. The zero-order valence-corrected chi connectivity index (χ0v) is 22.6. The van der Waals surface area contributed by atoms with Crippen molar-refractivity contribution in [3.8, 4) is 11.5 Å². The van der Waals surface area contributed by atoms with Crippen molar-refractivity contribution in [1.82, 2.24) is 14.9 Å². The summed E-state index contributed by atoms with van der Waals surface area (Å²) in [7, 11) is 1.62. The highest BCUT2D eigenvalue weighted by Crippen LogP contribution is 2.44. The number of hydrogen-bond acceptors (Lipinski definition) is 6. The van der Waals surface area contributed by atoms with E-state index in [-0.39, 0.29) is 5.03 Å². The van der Waals surface area contributed by atoms with Crippen LogP contribution in [-0.2, 0) is 0 Å². The fourth-order valence-electron chi connectivity index (χ4n) is 5.75. The standard InChI is InChI=1S/C26H31BrClFN4O2/c1-4-33-11-16-7-15(8-17(16)12-33)13-35-22-10-20-18(9-21(22)34-3)25(31-14-30-20)32-26(2)6-5-19(27)23(28)24(26)29/h5,9-10,14-17H,4,6-8,11-13H2,1-3H3,(H,30,31,32)/t15?,16-,17+,26?. The van der Waals surface area contributed by atoms with Gasteiger partial charge in [0.2, 0.25) is 0 Å². The number of allylic oxidation sites excluding steroid dienone is 2. The molecule has 1 saturated carbocycles. The SMILES string of the molecule is CCN1C[C@H]2CC(COc3cc4ncnc(NC5(C)CC=C(Br)C(Cl)=C5F)c4cc3OC)C[C@H]2C1. The molecule has 2 aromatic rings. The highest BCUT2D eigenvalue weighted by atomic mass is 79.9. The summed E-state index contributed by atoms with van der Waals surface area (Å²) in [6.45, 7) is 8.26. The van der Waals surface area contributed by atoms with Crippen LogP contribution in [0.3, 0.4) is 0 Å². The molecule has 2 heterocycles. The quantitative estimate of drug-likeness (QED) is 0.427. The Morgan fingerprint density at radius 3 is 2.66 bits per heavy atom. The Labute approximate surface area is 219 Å². The fourth-order valence-corrected chi connectivity index (χ4v) is 6.37. The van der Waals surface area contributed by atoms with Gasteiger partial charge in [0, 0.05) is 29.0 Å². The number of aromatic nitrogens is 2. The van der Waals surface area contributed by atoms with Crippen molar-refractivity contribution in [2.24, 2.45) is 17.8 Å². The number of anilines is 1. The number of halogens is 3. The van der Waals surface area contributed by atoms with Crippen LogP contribution >= 0.6 is 27.5 Å². The zero-order valence-electron chi connectivity index (χ0n) is 20.3. The molecule has 2 unspecified atom stereocenters. The van der Waals surface area contributed by atoms with Gasteiger partial charge >= 0.3 is 0 Å². The van der Waals surface area contributed by atoms with Gasteiger partial charge in [-0.25, -0.2) is 14.4 Å². The Morgan fingerprint density at radius 2 is 1.97 bits per heavy atom. The highest BCUT2D eigenvalue weighted by molar-refractivity contribution is 9.12. The van der Waals surface area contributed by atoms with E-state index in [4.69, 9.17) is 21.1 Å². The number of likely N-dealkylation sites (tertiary alicyclic amines) is 1. The largest absolute Gasteiger partial charge is 0.493 e. The van der Waals surface area contributed by atoms with E-state index in [1.165, 1.54) is 32.3 Å². The highest BCUT2D eigenvalue weighted by Gasteiger charge is 2.40. The summed E-state index contributed by atoms with van der Waals surface area (Å²) in [5, 5.41) is 4.04. The van der Waals surface area contributed by atoms with Crippen molar-refractivity contribution < 1.29 is 13.9 Å². The lowest BCUT2D eigenvalue weighted by molar-refractivity contribution is 0.223. The van der Waals surface area contributed by atoms with E-state index in [0.717, 1.165) is 23.8 Å². The first-order chi connectivity index (χ1) is 16.8. The maximum Gasteiger partial charge on any atom is 0.163 e. The smallest absolute Gasteiger partial charge is 0.163 e. The second-order valence-corrected chi connectivity index (χ2v) is 11.3. The van der Waals surface area contributed by atoms with Gasteiger partial charge in [0.15, 0.2) is 11.5 Å². The van der Waals surface area contributed by atoms with Gasteiger partial charge in [-0.3, -0.25) is 0 Å². The van der Waals surface area contributed by atoms with Gasteiger partial charge < -0.3 is 19.7 Å². The minimum Gasteiger partial charge on any atom is -0.493 e. The minimum atomic E-state index is -1.02. The molecule has 2 fully saturated rings. The van der Waals surface area contributed by atoms with Crippen LogP contribution in [0.4, 0.5) is 10.2 Å². The van der Waals surface area contributed by atoms with Crippen LogP contribution in [-0.4, -0.2) is 53.8 Å². The van der Waals surface area contributed by atoms with E-state index >= 15 is 4.39 Å². The molecule has 5 rings (SSSR count). The van der Waals surface area contributed by atoms with Gasteiger partial charge in [-0.2, -0.15) is 0 Å². The molecule has 6 nitrogen and oxygen atoms in total. The van der Waals surface area contributed by atoms with Crippen LogP contribution in [0.1, 0.15) is 33.1 Å². The van der Waals surface area contributed by atoms with Crippen LogP contribution < -0.4 is 14.8 Å². The molecule has 1 aliphatic heterocycles. The summed E-state index contributed by atoms with van der Waals surface area (Å²) >= 11 is 9.47. The molecule has 2 aliphatic carbocycles. The number of nitrogens with one attached hydrogen (secondary N) is 1. The van der Waals surface area contributed by atoms with Gasteiger partial charge in [-0.15, -0.1) is 0 Å². The third kappa shape index (κ3) is 4.77. The van der Waals surface area contributed by atoms with Crippen molar-refractivity contribution in [2.45, 2.75) is 38.6 Å². The van der Waals surface area contributed by atoms with Crippen molar-refractivity contribution in [2.75, 3.05) is 38.7 Å². The predicted octanol–water partition coefficient (Wildman–Crippen LogP) is 6.27. The summed E-state index contributed by atoms with van der Waals surface area (Å²) < 4.78 is 27.6. The predicted molar refractivity (Wildman–Crippen MR) is 141 cm³/mol. The Balaban J connectivity index is 1.34. The summed E-state index contributed by atoms with van der Waals surface area (Å²) in [6.07, 6.45) is 6.18. The number of benzene rings is 1. The first kappa shape index (κ1) is 24.8. The Kier molecular flexibility index (Phi) is 6.98. The molecule has 0 bridgehead atoms. The van der Waals surface area contributed by atoms with Crippen LogP contribution in [0.15, 0.2) is 39.9 Å². The number of hydrogen-bond donors (Lipinski definition) is 1. The second kappa shape index (κ2) is 9.87. The average Bonchev–Trinajstić information content (AvgIpc) is 3.42. The molecule has 0 radical (unpaired) electrons. The zero-order chi connectivity index (χ0) is 24.7. The normalized spacial score (nSPS) is 28.9. The Bertz CT molecular complexity index is 1180. The van der Waals surface area contributed by atoms with Crippen molar-refractivity contribution >= 4 is 44.3 Å². The third-order valence-electron chi connectivity index (χ3n) is 7.74. The molecule has 0 amide bonds. The van der Waals surface area contributed by atoms with Gasteiger partial charge in [-0.05, 0) is 72.5 Å². The molecular weight excluding hydrogens is 535 g/mol. The number of rotatable bonds is 7. The van der Waals surface area contributed by atoms with Crippen molar-refractivity contribution in [3.05, 3.63) is 39.9 Å². The fraction of sp³-hybridized carbons (Fsp3) is 0.538. The van der Waals surface area contributed by atoms with E-state index in [0.29, 0.717) is 46.3 Å². The molecule has 1 saturated heterocycles. The molecule has 1 aromatic carbocycles. The topological polar surface area (TPSA) is 59.5 Å². The molecular formula is C26H31BrClFN4O2. The molecule has 35 heavy (non-hydrogen) atoms. The van der Waals surface area contributed by atoms with Crippen molar-refractivity contribution in [3.63, 3.8) is 0 Å². The maximum absolute atomic E-state index is 15.1.